The molecule has 1 radical (unpaired) electrons. The summed E-state index contributed by atoms with van der Waals surface area (Å²) in [7, 11) is 0. The van der Waals surface area contributed by atoms with E-state index >= 15 is 0 Å². The molecule has 0 aliphatic heterocycles. The summed E-state index contributed by atoms with van der Waals surface area (Å²) in [6, 6.07) is 0. The molecule has 1 N–H and O–H groups in total. The molecular formula is C16H30KO2. The molecule has 2 nitrogen and oxygen atoms in total. The zero-order valence-electron chi connectivity index (χ0n) is 13.0. The fraction of sp³-hybridized carbons (Fsp3) is 0.812. The molecular weight excluding hydrogens is 263 g/mol. The SMILES string of the molecule is CCCCCCC=CCCCCCCCC(=O)O.[K]. The zero-order valence-corrected chi connectivity index (χ0v) is 16.1. The van der Waals surface area contributed by atoms with Crippen LogP contribution in [0.4, 0.5) is 0 Å². The van der Waals surface area contributed by atoms with Crippen molar-refractivity contribution in [2.24, 2.45) is 0 Å². The zero-order chi connectivity index (χ0) is 13.5. The van der Waals surface area contributed by atoms with Gasteiger partial charge in [0.25, 0.3) is 0 Å². The minimum atomic E-state index is -0.666. The molecule has 0 amide bonds. The Morgan fingerprint density at radius 2 is 1.32 bits per heavy atom. The third kappa shape index (κ3) is 21.3. The summed E-state index contributed by atoms with van der Waals surface area (Å²) in [6.45, 7) is 2.24. The van der Waals surface area contributed by atoms with Gasteiger partial charge in [-0.3, -0.25) is 4.79 Å². The van der Waals surface area contributed by atoms with Gasteiger partial charge in [-0.15, -0.1) is 0 Å². The van der Waals surface area contributed by atoms with E-state index in [1.54, 1.807) is 0 Å². The first-order chi connectivity index (χ1) is 8.77. The van der Waals surface area contributed by atoms with E-state index in [4.69, 9.17) is 5.11 Å². The minimum absolute atomic E-state index is 0. The molecule has 0 rings (SSSR count). The minimum Gasteiger partial charge on any atom is -0.481 e. The fourth-order valence-electron chi connectivity index (χ4n) is 1.99. The van der Waals surface area contributed by atoms with Crippen molar-refractivity contribution < 1.29 is 9.90 Å². The smallest absolute Gasteiger partial charge is 0.303 e. The molecule has 19 heavy (non-hydrogen) atoms. The Balaban J connectivity index is 0. The summed E-state index contributed by atoms with van der Waals surface area (Å²) in [5.41, 5.74) is 0. The van der Waals surface area contributed by atoms with Gasteiger partial charge in [0, 0.05) is 57.8 Å². The quantitative estimate of drug-likeness (QED) is 0.296. The number of aliphatic carboxylic acids is 1. The molecule has 0 fully saturated rings. The maximum Gasteiger partial charge on any atom is 0.303 e. The maximum atomic E-state index is 10.3. The third-order valence-corrected chi connectivity index (χ3v) is 3.15. The molecule has 0 spiro atoms. The molecule has 0 bridgehead atoms. The van der Waals surface area contributed by atoms with Gasteiger partial charge in [0.05, 0.1) is 0 Å². The summed E-state index contributed by atoms with van der Waals surface area (Å²) >= 11 is 0. The molecule has 0 aliphatic carbocycles. The van der Waals surface area contributed by atoms with Gasteiger partial charge in [-0.25, -0.2) is 0 Å². The van der Waals surface area contributed by atoms with Gasteiger partial charge in [-0.1, -0.05) is 57.6 Å². The van der Waals surface area contributed by atoms with Crippen molar-refractivity contribution in [3.63, 3.8) is 0 Å². The van der Waals surface area contributed by atoms with E-state index in [0.29, 0.717) is 6.42 Å². The van der Waals surface area contributed by atoms with Crippen molar-refractivity contribution in [1.82, 2.24) is 0 Å². The van der Waals surface area contributed by atoms with Gasteiger partial charge in [-0.2, -0.15) is 0 Å². The Bertz CT molecular complexity index is 215. The van der Waals surface area contributed by atoms with Gasteiger partial charge in [0.15, 0.2) is 0 Å². The van der Waals surface area contributed by atoms with Crippen LogP contribution >= 0.6 is 0 Å². The number of carboxylic acid groups (broad SMARTS) is 1. The first-order valence-electron chi connectivity index (χ1n) is 7.64. The number of unbranched alkanes of at least 4 members (excludes halogenated alkanes) is 9. The molecule has 107 valence electrons. The largest absolute Gasteiger partial charge is 0.481 e. The molecule has 0 aromatic heterocycles. The Kier molecular flexibility index (Phi) is 22.0. The Labute approximate surface area is 161 Å². The molecule has 0 unspecified atom stereocenters. The second-order valence-electron chi connectivity index (χ2n) is 5.02. The average molecular weight is 294 g/mol. The molecule has 0 atom stereocenters. The van der Waals surface area contributed by atoms with Gasteiger partial charge < -0.3 is 5.11 Å². The van der Waals surface area contributed by atoms with Crippen LogP contribution in [0.1, 0.15) is 84.0 Å². The van der Waals surface area contributed by atoms with Crippen molar-refractivity contribution in [3.8, 4) is 0 Å². The molecule has 0 aliphatic rings. The maximum absolute atomic E-state index is 10.3. The van der Waals surface area contributed by atoms with Crippen molar-refractivity contribution in [3.05, 3.63) is 12.2 Å². The molecule has 0 heterocycles. The van der Waals surface area contributed by atoms with Crippen LogP contribution in [-0.4, -0.2) is 62.5 Å². The number of hydrogen-bond acceptors (Lipinski definition) is 1. The van der Waals surface area contributed by atoms with Crippen molar-refractivity contribution in [2.75, 3.05) is 0 Å². The average Bonchev–Trinajstić information content (AvgIpc) is 2.34. The third-order valence-electron chi connectivity index (χ3n) is 3.15. The van der Waals surface area contributed by atoms with Crippen LogP contribution in [0.15, 0.2) is 12.2 Å². The van der Waals surface area contributed by atoms with E-state index in [1.165, 1.54) is 57.8 Å². The van der Waals surface area contributed by atoms with Crippen LogP contribution in [0.25, 0.3) is 0 Å². The molecule has 3 heteroatoms. The summed E-state index contributed by atoms with van der Waals surface area (Å²) in [5, 5.41) is 8.48. The van der Waals surface area contributed by atoms with E-state index in [0.717, 1.165) is 12.8 Å². The number of carboxylic acids is 1. The first kappa shape index (κ1) is 22.1. The summed E-state index contributed by atoms with van der Waals surface area (Å²) < 4.78 is 0. The van der Waals surface area contributed by atoms with Crippen molar-refractivity contribution in [1.29, 1.82) is 0 Å². The van der Waals surface area contributed by atoms with E-state index in [2.05, 4.69) is 19.1 Å². The van der Waals surface area contributed by atoms with Crippen LogP contribution in [0.3, 0.4) is 0 Å². The molecule has 0 saturated heterocycles. The van der Waals surface area contributed by atoms with E-state index in [1.807, 2.05) is 0 Å². The van der Waals surface area contributed by atoms with Gasteiger partial charge in [-0.05, 0) is 32.1 Å². The van der Waals surface area contributed by atoms with E-state index in [-0.39, 0.29) is 51.4 Å². The molecule has 0 aromatic carbocycles. The van der Waals surface area contributed by atoms with Crippen molar-refractivity contribution in [2.45, 2.75) is 84.0 Å². The van der Waals surface area contributed by atoms with Crippen LogP contribution in [0.5, 0.6) is 0 Å². The Hall–Kier alpha value is 0.846. The van der Waals surface area contributed by atoms with Gasteiger partial charge in [0.2, 0.25) is 0 Å². The number of allylic oxidation sites excluding steroid dienone is 2. The van der Waals surface area contributed by atoms with Crippen molar-refractivity contribution >= 4 is 57.4 Å². The predicted octanol–water partition coefficient (Wildman–Crippen LogP) is 4.95. The summed E-state index contributed by atoms with van der Waals surface area (Å²) in [5.74, 6) is -0.666. The molecule has 0 aromatic rings. The van der Waals surface area contributed by atoms with Gasteiger partial charge >= 0.3 is 5.97 Å². The topological polar surface area (TPSA) is 37.3 Å². The van der Waals surface area contributed by atoms with Crippen LogP contribution in [-0.2, 0) is 4.79 Å². The Morgan fingerprint density at radius 1 is 0.842 bits per heavy atom. The monoisotopic (exact) mass is 293 g/mol. The normalized spacial score (nSPS) is 10.6. The molecule has 0 saturated carbocycles. The second kappa shape index (κ2) is 18.8. The van der Waals surface area contributed by atoms with Gasteiger partial charge in [0.1, 0.15) is 0 Å². The van der Waals surface area contributed by atoms with Crippen LogP contribution in [0.2, 0.25) is 0 Å². The van der Waals surface area contributed by atoms with E-state index < -0.39 is 5.97 Å². The number of hydrogen-bond donors (Lipinski definition) is 1. The number of carbonyl (C=O) groups is 1. The number of rotatable bonds is 13. The second-order valence-corrected chi connectivity index (χ2v) is 5.02. The first-order valence-corrected chi connectivity index (χ1v) is 7.64. The van der Waals surface area contributed by atoms with Crippen LogP contribution in [0, 0.1) is 0 Å². The summed E-state index contributed by atoms with van der Waals surface area (Å²) in [6.07, 6.45) is 18.3. The summed E-state index contributed by atoms with van der Waals surface area (Å²) in [4.78, 5) is 10.3. The standard InChI is InChI=1S/C16H30O2.K/c1-2-3-4-5-6-7-8-9-10-11-12-13-14-15-16(17)18;/h7-8H,2-6,9-15H2,1H3,(H,17,18);. The van der Waals surface area contributed by atoms with E-state index in [9.17, 15) is 4.79 Å². The fourth-order valence-corrected chi connectivity index (χ4v) is 1.99. The Morgan fingerprint density at radius 3 is 1.84 bits per heavy atom. The predicted molar refractivity (Wildman–Crippen MR) is 83.6 cm³/mol. The van der Waals surface area contributed by atoms with Crippen LogP contribution < -0.4 is 0 Å².